The number of aromatic nitrogens is 1. The Morgan fingerprint density at radius 1 is 1.47 bits per heavy atom. The molecule has 0 aliphatic carbocycles. The van der Waals surface area contributed by atoms with Crippen LogP contribution in [0.25, 0.3) is 0 Å². The van der Waals surface area contributed by atoms with E-state index in [-0.39, 0.29) is 0 Å². The van der Waals surface area contributed by atoms with Crippen molar-refractivity contribution in [3.05, 3.63) is 15.6 Å². The van der Waals surface area contributed by atoms with Gasteiger partial charge in [0.1, 0.15) is 5.01 Å². The number of nitriles is 1. The fraction of sp³-hybridized carbons (Fsp3) is 0.714. The Morgan fingerprint density at radius 2 is 2.21 bits per heavy atom. The van der Waals surface area contributed by atoms with Crippen LogP contribution in [0.1, 0.15) is 35.3 Å². The normalized spacial score (nSPS) is 17.5. The Labute approximate surface area is 119 Å². The monoisotopic (exact) mass is 279 g/mol. The van der Waals surface area contributed by atoms with Gasteiger partial charge in [0.25, 0.3) is 0 Å². The highest BCUT2D eigenvalue weighted by Gasteiger charge is 2.18. The number of rotatable bonds is 5. The van der Waals surface area contributed by atoms with Crippen LogP contribution in [-0.2, 0) is 24.3 Å². The maximum Gasteiger partial charge on any atom is 0.107 e. The van der Waals surface area contributed by atoms with Crippen LogP contribution in [-0.4, -0.2) is 30.1 Å². The van der Waals surface area contributed by atoms with Crippen molar-refractivity contribution in [2.75, 3.05) is 20.2 Å². The molecule has 104 valence electrons. The summed E-state index contributed by atoms with van der Waals surface area (Å²) in [6.45, 7) is 6.06. The molecule has 0 radical (unpaired) electrons. The zero-order valence-corrected chi connectivity index (χ0v) is 12.5. The van der Waals surface area contributed by atoms with Crippen molar-refractivity contribution in [3.63, 3.8) is 0 Å². The molecule has 0 bridgehead atoms. The number of nitrogens with zero attached hydrogens (tertiary/aromatic N) is 3. The lowest BCUT2D eigenvalue weighted by Gasteiger charge is -2.29. The van der Waals surface area contributed by atoms with Crippen LogP contribution < -0.4 is 0 Å². The van der Waals surface area contributed by atoms with E-state index in [0.717, 1.165) is 41.1 Å². The fourth-order valence-corrected chi connectivity index (χ4v) is 3.42. The molecule has 2 rings (SSSR count). The Hall–Kier alpha value is -0.960. The van der Waals surface area contributed by atoms with Gasteiger partial charge in [-0.05, 0) is 31.8 Å². The molecule has 19 heavy (non-hydrogen) atoms. The molecule has 0 aromatic carbocycles. The minimum Gasteiger partial charge on any atom is -0.378 e. The number of hydrogen-bond acceptors (Lipinski definition) is 5. The first-order valence-electron chi connectivity index (χ1n) is 6.78. The molecule has 1 aliphatic rings. The van der Waals surface area contributed by atoms with Gasteiger partial charge in [-0.25, -0.2) is 4.98 Å². The molecule has 1 aromatic heterocycles. The van der Waals surface area contributed by atoms with Gasteiger partial charge >= 0.3 is 0 Å². The highest BCUT2D eigenvalue weighted by Crippen LogP contribution is 2.23. The van der Waals surface area contributed by atoms with Crippen LogP contribution in [0.15, 0.2) is 0 Å². The van der Waals surface area contributed by atoms with Crippen molar-refractivity contribution in [1.29, 1.82) is 5.26 Å². The third-order valence-corrected chi connectivity index (χ3v) is 4.66. The van der Waals surface area contributed by atoms with Gasteiger partial charge in [0.2, 0.25) is 0 Å². The van der Waals surface area contributed by atoms with Crippen LogP contribution >= 0.6 is 11.3 Å². The zero-order chi connectivity index (χ0) is 13.7. The quantitative estimate of drug-likeness (QED) is 0.831. The smallest absolute Gasteiger partial charge is 0.107 e. The molecule has 0 spiro atoms. The molecule has 5 heteroatoms. The van der Waals surface area contributed by atoms with Crippen LogP contribution in [0.2, 0.25) is 0 Å². The average molecular weight is 279 g/mol. The van der Waals surface area contributed by atoms with Crippen molar-refractivity contribution in [2.24, 2.45) is 5.92 Å². The lowest BCUT2D eigenvalue weighted by atomic mass is 9.99. The topological polar surface area (TPSA) is 49.1 Å². The van der Waals surface area contributed by atoms with E-state index in [1.807, 2.05) is 0 Å². The first-order chi connectivity index (χ1) is 9.22. The first kappa shape index (κ1) is 14.4. The van der Waals surface area contributed by atoms with Crippen molar-refractivity contribution in [3.8, 4) is 6.07 Å². The summed E-state index contributed by atoms with van der Waals surface area (Å²) >= 11 is 1.66. The molecule has 2 heterocycles. The lowest BCUT2D eigenvalue weighted by Crippen LogP contribution is -2.32. The molecule has 1 fully saturated rings. The van der Waals surface area contributed by atoms with Crippen LogP contribution in [0, 0.1) is 17.2 Å². The predicted molar refractivity (Wildman–Crippen MR) is 75.8 cm³/mol. The third-order valence-electron chi connectivity index (χ3n) is 3.58. The number of likely N-dealkylation sites (tertiary alicyclic amines) is 1. The summed E-state index contributed by atoms with van der Waals surface area (Å²) in [5.74, 6) is 0.853. The Morgan fingerprint density at radius 3 is 2.84 bits per heavy atom. The molecule has 1 aliphatic heterocycles. The van der Waals surface area contributed by atoms with Gasteiger partial charge in [-0.15, -0.1) is 11.3 Å². The van der Waals surface area contributed by atoms with Gasteiger partial charge < -0.3 is 4.74 Å². The molecule has 0 amide bonds. The van der Waals surface area contributed by atoms with Gasteiger partial charge in [-0.3, -0.25) is 4.90 Å². The number of thiazole rings is 1. The van der Waals surface area contributed by atoms with E-state index in [4.69, 9.17) is 10.00 Å². The minimum atomic E-state index is 0.438. The minimum absolute atomic E-state index is 0.438. The second-order valence-corrected chi connectivity index (χ2v) is 6.37. The van der Waals surface area contributed by atoms with E-state index in [1.54, 1.807) is 18.4 Å². The maximum atomic E-state index is 8.85. The SMILES string of the molecule is COCc1nc(CN2CCC(C)CC2)sc1CC#N. The molecule has 0 atom stereocenters. The molecule has 0 saturated carbocycles. The molecule has 1 saturated heterocycles. The Balaban J connectivity index is 2.00. The van der Waals surface area contributed by atoms with Gasteiger partial charge in [0.15, 0.2) is 0 Å². The summed E-state index contributed by atoms with van der Waals surface area (Å²) in [6, 6.07) is 2.21. The standard InChI is InChI=1S/C14H21N3OS/c1-11-4-7-17(8-5-11)9-14-16-12(10-18-2)13(19-14)3-6-15/h11H,3-5,7-10H2,1-2H3. The summed E-state index contributed by atoms with van der Waals surface area (Å²) in [4.78, 5) is 8.16. The van der Waals surface area contributed by atoms with E-state index in [2.05, 4.69) is 22.9 Å². The van der Waals surface area contributed by atoms with Crippen LogP contribution in [0.5, 0.6) is 0 Å². The number of piperidine rings is 1. The van der Waals surface area contributed by atoms with Crippen molar-refractivity contribution in [1.82, 2.24) is 9.88 Å². The number of hydrogen-bond donors (Lipinski definition) is 0. The summed E-state index contributed by atoms with van der Waals surface area (Å²) in [7, 11) is 1.67. The summed E-state index contributed by atoms with van der Waals surface area (Å²) < 4.78 is 5.15. The average Bonchev–Trinajstić information content (AvgIpc) is 2.75. The zero-order valence-electron chi connectivity index (χ0n) is 11.7. The van der Waals surface area contributed by atoms with Gasteiger partial charge in [0, 0.05) is 12.0 Å². The van der Waals surface area contributed by atoms with E-state index >= 15 is 0 Å². The lowest BCUT2D eigenvalue weighted by molar-refractivity contribution is 0.178. The van der Waals surface area contributed by atoms with Crippen molar-refractivity contribution in [2.45, 2.75) is 39.3 Å². The highest BCUT2D eigenvalue weighted by molar-refractivity contribution is 7.11. The second kappa shape index (κ2) is 6.99. The Bertz CT molecular complexity index is 444. The molecule has 0 unspecified atom stereocenters. The van der Waals surface area contributed by atoms with Crippen molar-refractivity contribution < 1.29 is 4.74 Å². The second-order valence-electron chi connectivity index (χ2n) is 5.20. The third kappa shape index (κ3) is 4.00. The highest BCUT2D eigenvalue weighted by atomic mass is 32.1. The summed E-state index contributed by atoms with van der Waals surface area (Å²) in [5, 5.41) is 9.97. The molecule has 4 nitrogen and oxygen atoms in total. The van der Waals surface area contributed by atoms with Crippen LogP contribution in [0.4, 0.5) is 0 Å². The predicted octanol–water partition coefficient (Wildman–Crippen LogP) is 2.59. The van der Waals surface area contributed by atoms with Crippen molar-refractivity contribution >= 4 is 11.3 Å². The van der Waals surface area contributed by atoms with E-state index in [1.165, 1.54) is 12.8 Å². The molecule has 1 aromatic rings. The van der Waals surface area contributed by atoms with Gasteiger partial charge in [0.05, 0.1) is 31.3 Å². The van der Waals surface area contributed by atoms with E-state index in [0.29, 0.717) is 13.0 Å². The summed E-state index contributed by atoms with van der Waals surface area (Å²) in [5.41, 5.74) is 0.939. The van der Waals surface area contributed by atoms with E-state index < -0.39 is 0 Å². The largest absolute Gasteiger partial charge is 0.378 e. The molecular weight excluding hydrogens is 258 g/mol. The Kier molecular flexibility index (Phi) is 5.32. The maximum absolute atomic E-state index is 8.85. The number of methoxy groups -OCH3 is 1. The molecule has 0 N–H and O–H groups in total. The summed E-state index contributed by atoms with van der Waals surface area (Å²) in [6.07, 6.45) is 3.00. The van der Waals surface area contributed by atoms with Crippen LogP contribution in [0.3, 0.4) is 0 Å². The molecular formula is C14H21N3OS. The number of ether oxygens (including phenoxy) is 1. The van der Waals surface area contributed by atoms with E-state index in [9.17, 15) is 0 Å². The van der Waals surface area contributed by atoms with Gasteiger partial charge in [-0.1, -0.05) is 6.92 Å². The fourth-order valence-electron chi connectivity index (χ4n) is 2.38. The first-order valence-corrected chi connectivity index (χ1v) is 7.60. The van der Waals surface area contributed by atoms with Gasteiger partial charge in [-0.2, -0.15) is 5.26 Å².